The second-order valence-electron chi connectivity index (χ2n) is 7.90. The summed E-state index contributed by atoms with van der Waals surface area (Å²) in [6.07, 6.45) is 3.46. The van der Waals surface area contributed by atoms with Crippen molar-refractivity contribution in [2.75, 3.05) is 13.1 Å². The molecule has 150 valence electrons. The molecule has 0 aliphatic carbocycles. The number of piperidine rings is 1. The van der Waals surface area contributed by atoms with Crippen molar-refractivity contribution in [3.63, 3.8) is 0 Å². The number of benzene rings is 2. The van der Waals surface area contributed by atoms with Crippen molar-refractivity contribution < 1.29 is 9.53 Å². The Morgan fingerprint density at radius 2 is 1.71 bits per heavy atom. The van der Waals surface area contributed by atoms with E-state index in [4.69, 9.17) is 4.74 Å². The predicted molar refractivity (Wildman–Crippen MR) is 113 cm³/mol. The van der Waals surface area contributed by atoms with Crippen LogP contribution in [-0.4, -0.2) is 30.0 Å². The Morgan fingerprint density at radius 1 is 1.04 bits per heavy atom. The number of hydrogen-bond acceptors (Lipinski definition) is 3. The highest BCUT2D eigenvalue weighted by atomic mass is 16.5. The van der Waals surface area contributed by atoms with E-state index >= 15 is 0 Å². The van der Waals surface area contributed by atoms with Gasteiger partial charge >= 0.3 is 0 Å². The number of hydrogen-bond donors (Lipinski definition) is 1. The third-order valence-corrected chi connectivity index (χ3v) is 5.35. The van der Waals surface area contributed by atoms with Crippen LogP contribution in [0.4, 0.5) is 0 Å². The number of nitrogens with one attached hydrogen (secondary N) is 1. The fraction of sp³-hybridized carbons (Fsp3) is 0.458. The molecule has 1 aliphatic heterocycles. The van der Waals surface area contributed by atoms with Crippen molar-refractivity contribution >= 4 is 5.91 Å². The maximum absolute atomic E-state index is 12.4. The lowest BCUT2D eigenvalue weighted by molar-refractivity contribution is -0.127. The number of carbonyl (C=O) groups is 1. The Hall–Kier alpha value is -2.33. The molecule has 0 unspecified atom stereocenters. The van der Waals surface area contributed by atoms with E-state index in [1.165, 1.54) is 43.5 Å². The largest absolute Gasteiger partial charge is 0.481 e. The first-order valence-corrected chi connectivity index (χ1v) is 10.3. The normalized spacial score (nSPS) is 15.8. The summed E-state index contributed by atoms with van der Waals surface area (Å²) >= 11 is 0. The molecule has 1 amide bonds. The highest BCUT2D eigenvalue weighted by Gasteiger charge is 2.15. The lowest BCUT2D eigenvalue weighted by atomic mass is 10.1. The number of nitrogens with zero attached hydrogens (tertiary/aromatic N) is 1. The minimum absolute atomic E-state index is 0.0997. The van der Waals surface area contributed by atoms with Crippen LogP contribution in [0.5, 0.6) is 5.75 Å². The zero-order valence-electron chi connectivity index (χ0n) is 17.3. The van der Waals surface area contributed by atoms with E-state index in [0.29, 0.717) is 6.54 Å². The molecule has 0 saturated carbocycles. The second-order valence-corrected chi connectivity index (χ2v) is 7.90. The molecule has 1 fully saturated rings. The first kappa shape index (κ1) is 20.4. The van der Waals surface area contributed by atoms with Gasteiger partial charge in [0.1, 0.15) is 5.75 Å². The van der Waals surface area contributed by atoms with Crippen molar-refractivity contribution in [1.82, 2.24) is 10.2 Å². The first-order chi connectivity index (χ1) is 13.5. The van der Waals surface area contributed by atoms with Gasteiger partial charge in [-0.3, -0.25) is 9.69 Å². The van der Waals surface area contributed by atoms with Crippen molar-refractivity contribution in [2.45, 2.75) is 59.2 Å². The molecule has 0 bridgehead atoms. The Balaban J connectivity index is 1.46. The maximum atomic E-state index is 12.4. The molecular weight excluding hydrogens is 348 g/mol. The maximum Gasteiger partial charge on any atom is 0.261 e. The summed E-state index contributed by atoms with van der Waals surface area (Å²) in [4.78, 5) is 14.9. The minimum atomic E-state index is -0.528. The second kappa shape index (κ2) is 9.74. The van der Waals surface area contributed by atoms with Gasteiger partial charge in [0.05, 0.1) is 0 Å². The van der Waals surface area contributed by atoms with E-state index in [1.54, 1.807) is 6.92 Å². The molecule has 1 aliphatic rings. The topological polar surface area (TPSA) is 41.6 Å². The molecule has 2 aromatic carbocycles. The molecule has 4 heteroatoms. The van der Waals surface area contributed by atoms with Gasteiger partial charge in [-0.15, -0.1) is 0 Å². The molecule has 1 heterocycles. The van der Waals surface area contributed by atoms with Crippen molar-refractivity contribution in [3.05, 3.63) is 64.7 Å². The number of likely N-dealkylation sites (tertiary alicyclic amines) is 1. The summed E-state index contributed by atoms with van der Waals surface area (Å²) in [5, 5.41) is 2.98. The van der Waals surface area contributed by atoms with Crippen LogP contribution in [0.15, 0.2) is 42.5 Å². The van der Waals surface area contributed by atoms with Gasteiger partial charge in [0, 0.05) is 13.1 Å². The SMILES string of the molecule is Cc1ccc(O[C@H](C)C(=O)NCc2ccc(CN3CCCCC3)cc2)c(C)c1. The summed E-state index contributed by atoms with van der Waals surface area (Å²) in [7, 11) is 0. The van der Waals surface area contributed by atoms with Crippen molar-refractivity contribution in [3.8, 4) is 5.75 Å². The summed E-state index contributed by atoms with van der Waals surface area (Å²) in [6, 6.07) is 14.5. The van der Waals surface area contributed by atoms with Crippen LogP contribution in [0.1, 0.15) is 48.4 Å². The van der Waals surface area contributed by atoms with Crippen LogP contribution >= 0.6 is 0 Å². The Labute approximate surface area is 168 Å². The van der Waals surface area contributed by atoms with E-state index in [-0.39, 0.29) is 5.91 Å². The van der Waals surface area contributed by atoms with Gasteiger partial charge in [0.15, 0.2) is 6.10 Å². The average molecular weight is 381 g/mol. The lowest BCUT2D eigenvalue weighted by Crippen LogP contribution is -2.36. The van der Waals surface area contributed by atoms with Gasteiger partial charge in [-0.25, -0.2) is 0 Å². The Bertz CT molecular complexity index is 780. The highest BCUT2D eigenvalue weighted by Crippen LogP contribution is 2.20. The molecule has 0 aromatic heterocycles. The van der Waals surface area contributed by atoms with Crippen molar-refractivity contribution in [2.24, 2.45) is 0 Å². The van der Waals surface area contributed by atoms with Crippen LogP contribution in [0.3, 0.4) is 0 Å². The van der Waals surface area contributed by atoms with Crippen molar-refractivity contribution in [1.29, 1.82) is 0 Å². The van der Waals surface area contributed by atoms with E-state index in [0.717, 1.165) is 23.4 Å². The standard InChI is InChI=1S/C24H32N2O2/c1-18-7-12-23(19(2)15-18)28-20(3)24(27)25-16-21-8-10-22(11-9-21)17-26-13-5-4-6-14-26/h7-12,15,20H,4-6,13-14,16-17H2,1-3H3,(H,25,27)/t20-/m1/s1. The monoisotopic (exact) mass is 380 g/mol. The number of aryl methyl sites for hydroxylation is 2. The van der Waals surface area contributed by atoms with Gasteiger partial charge in [-0.2, -0.15) is 0 Å². The van der Waals surface area contributed by atoms with Gasteiger partial charge in [-0.1, -0.05) is 48.4 Å². The Morgan fingerprint density at radius 3 is 2.39 bits per heavy atom. The molecule has 3 rings (SSSR count). The molecule has 2 aromatic rings. The third kappa shape index (κ3) is 5.83. The quantitative estimate of drug-likeness (QED) is 0.775. The van der Waals surface area contributed by atoms with Gasteiger partial charge < -0.3 is 10.1 Å². The van der Waals surface area contributed by atoms with E-state index < -0.39 is 6.10 Å². The summed E-state index contributed by atoms with van der Waals surface area (Å²) in [5.41, 5.74) is 4.67. The highest BCUT2D eigenvalue weighted by molar-refractivity contribution is 5.80. The van der Waals surface area contributed by atoms with Gasteiger partial charge in [0.25, 0.3) is 5.91 Å². The van der Waals surface area contributed by atoms with Gasteiger partial charge in [-0.05, 0) is 69.5 Å². The van der Waals surface area contributed by atoms with Gasteiger partial charge in [0.2, 0.25) is 0 Å². The molecule has 0 radical (unpaired) electrons. The molecule has 1 saturated heterocycles. The van der Waals surface area contributed by atoms with E-state index in [1.807, 2.05) is 26.0 Å². The fourth-order valence-electron chi connectivity index (χ4n) is 3.65. The average Bonchev–Trinajstić information content (AvgIpc) is 2.70. The molecular formula is C24H32N2O2. The summed E-state index contributed by atoms with van der Waals surface area (Å²) in [6.45, 7) is 9.78. The molecule has 28 heavy (non-hydrogen) atoms. The zero-order valence-corrected chi connectivity index (χ0v) is 17.3. The summed E-state index contributed by atoms with van der Waals surface area (Å²) < 4.78 is 5.84. The van der Waals surface area contributed by atoms with Crippen LogP contribution in [0, 0.1) is 13.8 Å². The van der Waals surface area contributed by atoms with E-state index in [9.17, 15) is 4.79 Å². The number of amides is 1. The van der Waals surface area contributed by atoms with Crippen LogP contribution in [0.25, 0.3) is 0 Å². The lowest BCUT2D eigenvalue weighted by Gasteiger charge is -2.26. The Kier molecular flexibility index (Phi) is 7.10. The van der Waals surface area contributed by atoms with E-state index in [2.05, 4.69) is 40.5 Å². The summed E-state index contributed by atoms with van der Waals surface area (Å²) in [5.74, 6) is 0.660. The first-order valence-electron chi connectivity index (χ1n) is 10.3. The number of ether oxygens (including phenoxy) is 1. The zero-order chi connectivity index (χ0) is 19.9. The minimum Gasteiger partial charge on any atom is -0.481 e. The number of carbonyl (C=O) groups excluding carboxylic acids is 1. The molecule has 1 N–H and O–H groups in total. The predicted octanol–water partition coefficient (Wildman–Crippen LogP) is 4.37. The third-order valence-electron chi connectivity index (χ3n) is 5.35. The van der Waals surface area contributed by atoms with Crippen LogP contribution < -0.4 is 10.1 Å². The molecule has 4 nitrogen and oxygen atoms in total. The molecule has 0 spiro atoms. The fourth-order valence-corrected chi connectivity index (χ4v) is 3.65. The smallest absolute Gasteiger partial charge is 0.261 e. The van der Waals surface area contributed by atoms with Crippen LogP contribution in [0.2, 0.25) is 0 Å². The number of rotatable bonds is 7. The van der Waals surface area contributed by atoms with Crippen LogP contribution in [-0.2, 0) is 17.9 Å². The molecule has 1 atom stereocenters.